The van der Waals surface area contributed by atoms with Crippen LogP contribution < -0.4 is 5.32 Å². The van der Waals surface area contributed by atoms with Crippen LogP contribution in [0.1, 0.15) is 32.5 Å². The van der Waals surface area contributed by atoms with Crippen molar-refractivity contribution in [2.75, 3.05) is 5.32 Å². The number of amides is 1. The number of carboxylic acids is 1. The van der Waals surface area contributed by atoms with Gasteiger partial charge in [0.05, 0.1) is 11.4 Å². The van der Waals surface area contributed by atoms with Crippen LogP contribution in [0.3, 0.4) is 0 Å². The maximum absolute atomic E-state index is 11.7. The van der Waals surface area contributed by atoms with Crippen LogP contribution in [0.15, 0.2) is 16.5 Å². The van der Waals surface area contributed by atoms with Gasteiger partial charge in [-0.25, -0.2) is 9.78 Å². The van der Waals surface area contributed by atoms with Gasteiger partial charge in [0.1, 0.15) is 0 Å². The van der Waals surface area contributed by atoms with Crippen molar-refractivity contribution in [1.29, 1.82) is 0 Å². The summed E-state index contributed by atoms with van der Waals surface area (Å²) in [7, 11) is 0. The molecular weight excluding hydrogens is 252 g/mol. The average Bonchev–Trinajstić information content (AvgIpc) is 2.83. The van der Waals surface area contributed by atoms with Gasteiger partial charge in [-0.3, -0.25) is 10.1 Å². The summed E-state index contributed by atoms with van der Waals surface area (Å²) in [5, 5.41) is 18.5. The zero-order valence-corrected chi connectivity index (χ0v) is 10.2. The maximum atomic E-state index is 11.7. The Balaban J connectivity index is 2.15. The molecule has 0 aliphatic carbocycles. The van der Waals surface area contributed by atoms with Crippen molar-refractivity contribution < 1.29 is 19.1 Å². The van der Waals surface area contributed by atoms with Crippen molar-refractivity contribution in [3.8, 4) is 0 Å². The molecule has 0 unspecified atom stereocenters. The average molecular weight is 262 g/mol. The van der Waals surface area contributed by atoms with Crippen LogP contribution in [0.4, 0.5) is 5.95 Å². The van der Waals surface area contributed by atoms with E-state index in [4.69, 9.17) is 9.52 Å². The van der Waals surface area contributed by atoms with Crippen LogP contribution in [0.25, 0.3) is 0 Å². The zero-order chi connectivity index (χ0) is 14.0. The monoisotopic (exact) mass is 262 g/mol. The number of rotatable bonds is 3. The zero-order valence-electron chi connectivity index (χ0n) is 10.2. The summed E-state index contributed by atoms with van der Waals surface area (Å²) in [5.74, 6) is -2.31. The minimum absolute atomic E-state index is 0.0291. The molecule has 98 valence electrons. The van der Waals surface area contributed by atoms with Crippen LogP contribution in [0.2, 0.25) is 0 Å². The van der Waals surface area contributed by atoms with Crippen molar-refractivity contribution in [1.82, 2.24) is 15.2 Å². The number of aromatic nitrogens is 3. The van der Waals surface area contributed by atoms with Crippen molar-refractivity contribution in [2.45, 2.75) is 13.8 Å². The van der Waals surface area contributed by atoms with E-state index in [1.807, 2.05) is 0 Å². The van der Waals surface area contributed by atoms with E-state index in [2.05, 4.69) is 20.5 Å². The molecule has 0 aromatic carbocycles. The molecule has 0 atom stereocenters. The summed E-state index contributed by atoms with van der Waals surface area (Å²) in [6, 6.07) is 2.45. The molecule has 0 bridgehead atoms. The molecule has 2 rings (SSSR count). The summed E-state index contributed by atoms with van der Waals surface area (Å²) in [5.41, 5.74) is 1.29. The summed E-state index contributed by atoms with van der Waals surface area (Å²) in [6.07, 6.45) is 0. The van der Waals surface area contributed by atoms with E-state index in [1.165, 1.54) is 12.1 Å². The van der Waals surface area contributed by atoms with Crippen LogP contribution in [0.5, 0.6) is 0 Å². The highest BCUT2D eigenvalue weighted by molar-refractivity contribution is 6.01. The molecule has 2 heterocycles. The number of carbonyl (C=O) groups excluding carboxylic acids is 1. The van der Waals surface area contributed by atoms with E-state index in [0.29, 0.717) is 11.4 Å². The van der Waals surface area contributed by atoms with Crippen molar-refractivity contribution >= 4 is 17.8 Å². The standard InChI is InChI=1S/C11H10N4O4/c1-5-6(2)14-15-11(12-5)13-9(16)7-3-4-8(19-7)10(17)18/h3-4H,1-2H3,(H,17,18)(H,12,13,15,16). The predicted octanol–water partition coefficient (Wildman–Crippen LogP) is 1.03. The Kier molecular flexibility index (Phi) is 3.23. The van der Waals surface area contributed by atoms with Gasteiger partial charge in [0.2, 0.25) is 11.7 Å². The van der Waals surface area contributed by atoms with E-state index < -0.39 is 11.9 Å². The molecule has 0 aliphatic rings. The molecule has 0 fully saturated rings. The largest absolute Gasteiger partial charge is 0.475 e. The number of nitrogens with zero attached hydrogens (tertiary/aromatic N) is 3. The van der Waals surface area contributed by atoms with E-state index in [0.717, 1.165) is 0 Å². The normalized spacial score (nSPS) is 10.2. The molecule has 0 saturated carbocycles. The maximum Gasteiger partial charge on any atom is 0.371 e. The number of aromatic carboxylic acids is 1. The number of anilines is 1. The second-order valence-electron chi connectivity index (χ2n) is 3.73. The van der Waals surface area contributed by atoms with Gasteiger partial charge in [0.15, 0.2) is 5.76 Å². The number of carboxylic acid groups (broad SMARTS) is 1. The van der Waals surface area contributed by atoms with E-state index in [9.17, 15) is 9.59 Å². The Labute approximate surface area is 107 Å². The second-order valence-corrected chi connectivity index (χ2v) is 3.73. The van der Waals surface area contributed by atoms with Crippen molar-refractivity contribution in [3.05, 3.63) is 35.0 Å². The van der Waals surface area contributed by atoms with Gasteiger partial charge >= 0.3 is 5.97 Å². The summed E-state index contributed by atoms with van der Waals surface area (Å²) in [6.45, 7) is 3.47. The molecule has 0 spiro atoms. The first-order valence-corrected chi connectivity index (χ1v) is 5.30. The lowest BCUT2D eigenvalue weighted by atomic mass is 10.4. The second kappa shape index (κ2) is 4.84. The Morgan fingerprint density at radius 2 is 1.84 bits per heavy atom. The Bertz CT molecular complexity index is 650. The number of furan rings is 1. The molecule has 19 heavy (non-hydrogen) atoms. The fraction of sp³-hybridized carbons (Fsp3) is 0.182. The van der Waals surface area contributed by atoms with E-state index in [1.54, 1.807) is 13.8 Å². The van der Waals surface area contributed by atoms with Gasteiger partial charge in [-0.1, -0.05) is 0 Å². The van der Waals surface area contributed by atoms with Gasteiger partial charge < -0.3 is 9.52 Å². The molecule has 0 radical (unpaired) electrons. The molecule has 2 aromatic rings. The van der Waals surface area contributed by atoms with Gasteiger partial charge in [0.25, 0.3) is 5.91 Å². The minimum atomic E-state index is -1.25. The van der Waals surface area contributed by atoms with Crippen LogP contribution in [0, 0.1) is 13.8 Å². The molecule has 0 aliphatic heterocycles. The lowest BCUT2D eigenvalue weighted by molar-refractivity contribution is 0.0660. The highest BCUT2D eigenvalue weighted by Crippen LogP contribution is 2.10. The molecule has 8 nitrogen and oxygen atoms in total. The Morgan fingerprint density at radius 1 is 1.16 bits per heavy atom. The molecule has 2 N–H and O–H groups in total. The topological polar surface area (TPSA) is 118 Å². The molecule has 1 amide bonds. The van der Waals surface area contributed by atoms with E-state index >= 15 is 0 Å². The van der Waals surface area contributed by atoms with Gasteiger partial charge in [-0.15, -0.1) is 5.10 Å². The third-order valence-corrected chi connectivity index (χ3v) is 2.36. The first kappa shape index (κ1) is 12.7. The van der Waals surface area contributed by atoms with Gasteiger partial charge in [0, 0.05) is 0 Å². The lowest BCUT2D eigenvalue weighted by Gasteiger charge is -2.02. The van der Waals surface area contributed by atoms with Gasteiger partial charge in [-0.05, 0) is 26.0 Å². The molecule has 2 aromatic heterocycles. The van der Waals surface area contributed by atoms with Crippen molar-refractivity contribution in [2.24, 2.45) is 0 Å². The summed E-state index contributed by atoms with van der Waals surface area (Å²) in [4.78, 5) is 26.4. The van der Waals surface area contributed by atoms with Crippen molar-refractivity contribution in [3.63, 3.8) is 0 Å². The molecule has 0 saturated heterocycles. The smallest absolute Gasteiger partial charge is 0.371 e. The fourth-order valence-electron chi connectivity index (χ4n) is 1.25. The molecular formula is C11H10N4O4. The SMILES string of the molecule is Cc1nnc(NC(=O)c2ccc(C(=O)O)o2)nc1C. The number of carbonyl (C=O) groups is 2. The minimum Gasteiger partial charge on any atom is -0.475 e. The Morgan fingerprint density at radius 3 is 2.42 bits per heavy atom. The first-order valence-electron chi connectivity index (χ1n) is 5.30. The quantitative estimate of drug-likeness (QED) is 0.847. The van der Waals surface area contributed by atoms with Crippen LogP contribution in [-0.4, -0.2) is 32.2 Å². The number of hydrogen-bond donors (Lipinski definition) is 2. The third kappa shape index (κ3) is 2.73. The highest BCUT2D eigenvalue weighted by Gasteiger charge is 2.16. The molecule has 8 heteroatoms. The predicted molar refractivity (Wildman–Crippen MR) is 62.9 cm³/mol. The van der Waals surface area contributed by atoms with Gasteiger partial charge in [-0.2, -0.15) is 5.10 Å². The van der Waals surface area contributed by atoms with Crippen LogP contribution >= 0.6 is 0 Å². The fourth-order valence-corrected chi connectivity index (χ4v) is 1.25. The first-order chi connectivity index (χ1) is 8.97. The van der Waals surface area contributed by atoms with E-state index in [-0.39, 0.29) is 17.5 Å². The number of hydrogen-bond acceptors (Lipinski definition) is 6. The third-order valence-electron chi connectivity index (χ3n) is 2.36. The highest BCUT2D eigenvalue weighted by atomic mass is 16.4. The number of nitrogens with one attached hydrogen (secondary N) is 1. The summed E-state index contributed by atoms with van der Waals surface area (Å²) < 4.78 is 4.85. The Hall–Kier alpha value is -2.77. The number of aryl methyl sites for hydroxylation is 2. The summed E-state index contributed by atoms with van der Waals surface area (Å²) >= 11 is 0. The van der Waals surface area contributed by atoms with Crippen LogP contribution in [-0.2, 0) is 0 Å². The lowest BCUT2D eigenvalue weighted by Crippen LogP contribution is -2.15.